The third-order valence-electron chi connectivity index (χ3n) is 6.11. The van der Waals surface area contributed by atoms with Crippen LogP contribution >= 0.6 is 11.8 Å². The molecule has 5 aromatic rings. The van der Waals surface area contributed by atoms with Crippen LogP contribution < -0.4 is 4.90 Å². The van der Waals surface area contributed by atoms with Crippen molar-refractivity contribution in [3.05, 3.63) is 114 Å². The van der Waals surface area contributed by atoms with Crippen LogP contribution in [0.15, 0.2) is 101 Å². The van der Waals surface area contributed by atoms with Crippen molar-refractivity contribution >= 4 is 44.4 Å². The number of aromatic nitrogens is 1. The molecule has 156 valence electrons. The number of aryl methyl sites for hydroxylation is 1. The van der Waals surface area contributed by atoms with E-state index in [-0.39, 0.29) is 5.37 Å². The monoisotopic (exact) mass is 434 g/mol. The van der Waals surface area contributed by atoms with Crippen molar-refractivity contribution in [1.82, 2.24) is 4.98 Å². The summed E-state index contributed by atoms with van der Waals surface area (Å²) in [5.41, 5.74) is 7.63. The second-order valence-corrected chi connectivity index (χ2v) is 9.19. The van der Waals surface area contributed by atoms with E-state index in [1.807, 2.05) is 17.8 Å². The molecule has 0 N–H and O–H groups in total. The van der Waals surface area contributed by atoms with Crippen LogP contribution in [-0.2, 0) is 0 Å². The van der Waals surface area contributed by atoms with E-state index in [0.717, 1.165) is 22.0 Å². The number of hydrogen-bond donors (Lipinski definition) is 0. The first kappa shape index (κ1) is 19.2. The van der Waals surface area contributed by atoms with Gasteiger partial charge in [0.15, 0.2) is 5.58 Å². The molecule has 1 atom stereocenters. The quantitative estimate of drug-likeness (QED) is 0.288. The number of hydrogen-bond acceptors (Lipinski definition) is 4. The van der Waals surface area contributed by atoms with Crippen LogP contribution in [0, 0.1) is 6.92 Å². The normalized spacial score (nSPS) is 16.4. The summed E-state index contributed by atoms with van der Waals surface area (Å²) in [6, 6.07) is 29.8. The first-order chi connectivity index (χ1) is 15.7. The van der Waals surface area contributed by atoms with E-state index in [0.29, 0.717) is 5.71 Å². The lowest BCUT2D eigenvalue weighted by molar-refractivity contribution is 0.651. The van der Waals surface area contributed by atoms with Crippen molar-refractivity contribution in [3.8, 4) is 0 Å². The highest BCUT2D eigenvalue weighted by Gasteiger charge is 2.35. The molecule has 0 amide bonds. The maximum atomic E-state index is 6.37. The van der Waals surface area contributed by atoms with E-state index in [2.05, 4.69) is 103 Å². The maximum Gasteiger partial charge on any atom is 0.227 e. The molecular formula is C28H22N2OS. The first-order valence-electron chi connectivity index (χ1n) is 10.8. The molecule has 3 aromatic carbocycles. The number of nitrogens with zero attached hydrogens (tertiary/aromatic N) is 2. The lowest BCUT2D eigenvalue weighted by atomic mass is 10.1. The number of furan rings is 1. The maximum absolute atomic E-state index is 6.37. The van der Waals surface area contributed by atoms with Crippen molar-refractivity contribution in [3.63, 3.8) is 0 Å². The van der Waals surface area contributed by atoms with E-state index >= 15 is 0 Å². The SMILES string of the molecule is CC1=C(c2ccccc2)SC(c2ccccc2)N1c1c(C)ccc2c1oc1ncccc12. The van der Waals surface area contributed by atoms with Gasteiger partial charge in [0.1, 0.15) is 5.37 Å². The molecule has 0 saturated heterocycles. The van der Waals surface area contributed by atoms with Crippen LogP contribution in [0.5, 0.6) is 0 Å². The van der Waals surface area contributed by atoms with E-state index in [9.17, 15) is 0 Å². The van der Waals surface area contributed by atoms with Gasteiger partial charge in [-0.1, -0.05) is 84.6 Å². The van der Waals surface area contributed by atoms with E-state index in [1.165, 1.54) is 27.3 Å². The highest BCUT2D eigenvalue weighted by Crippen LogP contribution is 2.55. The van der Waals surface area contributed by atoms with Crippen molar-refractivity contribution in [2.45, 2.75) is 19.2 Å². The number of anilines is 1. The molecule has 32 heavy (non-hydrogen) atoms. The fourth-order valence-electron chi connectivity index (χ4n) is 4.58. The molecule has 0 bridgehead atoms. The van der Waals surface area contributed by atoms with Gasteiger partial charge < -0.3 is 9.32 Å². The summed E-state index contributed by atoms with van der Waals surface area (Å²) in [4.78, 5) is 8.22. The van der Waals surface area contributed by atoms with E-state index in [4.69, 9.17) is 4.42 Å². The van der Waals surface area contributed by atoms with Gasteiger partial charge in [-0.15, -0.1) is 0 Å². The third kappa shape index (κ3) is 2.94. The zero-order valence-electron chi connectivity index (χ0n) is 17.9. The summed E-state index contributed by atoms with van der Waals surface area (Å²) in [6.45, 7) is 4.38. The van der Waals surface area contributed by atoms with Gasteiger partial charge >= 0.3 is 0 Å². The average molecular weight is 435 g/mol. The summed E-state index contributed by atoms with van der Waals surface area (Å²) >= 11 is 1.90. The molecule has 1 aliphatic heterocycles. The number of benzene rings is 3. The van der Waals surface area contributed by atoms with Crippen LogP contribution in [0.2, 0.25) is 0 Å². The topological polar surface area (TPSA) is 29.3 Å². The van der Waals surface area contributed by atoms with E-state index in [1.54, 1.807) is 6.20 Å². The second kappa shape index (κ2) is 7.57. The molecule has 3 heterocycles. The zero-order chi connectivity index (χ0) is 21.7. The zero-order valence-corrected chi connectivity index (χ0v) is 18.8. The Morgan fingerprint density at radius 3 is 2.34 bits per heavy atom. The van der Waals surface area contributed by atoms with Crippen LogP contribution in [-0.4, -0.2) is 4.98 Å². The molecule has 2 aromatic heterocycles. The number of fused-ring (bicyclic) bond motifs is 3. The second-order valence-electron chi connectivity index (χ2n) is 8.10. The Morgan fingerprint density at radius 2 is 1.56 bits per heavy atom. The summed E-state index contributed by atoms with van der Waals surface area (Å²) in [6.07, 6.45) is 1.79. The molecule has 0 radical (unpaired) electrons. The van der Waals surface area contributed by atoms with Crippen LogP contribution in [0.3, 0.4) is 0 Å². The Bertz CT molecular complexity index is 1470. The summed E-state index contributed by atoms with van der Waals surface area (Å²) in [5.74, 6) is 0. The lowest BCUT2D eigenvalue weighted by Gasteiger charge is -2.29. The fraction of sp³-hybridized carbons (Fsp3) is 0.107. The number of thioether (sulfide) groups is 1. The molecular weight excluding hydrogens is 412 g/mol. The minimum Gasteiger partial charge on any atom is -0.435 e. The minimum absolute atomic E-state index is 0.122. The number of allylic oxidation sites excluding steroid dienone is 1. The molecule has 0 spiro atoms. The summed E-state index contributed by atoms with van der Waals surface area (Å²) in [7, 11) is 0. The van der Waals surface area contributed by atoms with Crippen molar-refractivity contribution in [1.29, 1.82) is 0 Å². The van der Waals surface area contributed by atoms with Gasteiger partial charge in [0.05, 0.1) is 5.69 Å². The Hall–Kier alpha value is -3.50. The van der Waals surface area contributed by atoms with Crippen LogP contribution in [0.1, 0.15) is 29.0 Å². The molecule has 6 rings (SSSR count). The Morgan fingerprint density at radius 1 is 0.812 bits per heavy atom. The smallest absolute Gasteiger partial charge is 0.227 e. The minimum atomic E-state index is 0.122. The van der Waals surface area contributed by atoms with Crippen molar-refractivity contribution in [2.75, 3.05) is 4.90 Å². The number of rotatable bonds is 3. The van der Waals surface area contributed by atoms with Gasteiger partial charge in [-0.2, -0.15) is 0 Å². The number of pyridine rings is 1. The van der Waals surface area contributed by atoms with E-state index < -0.39 is 0 Å². The van der Waals surface area contributed by atoms with Gasteiger partial charge in [-0.05, 0) is 42.7 Å². The molecule has 0 saturated carbocycles. The molecule has 4 heteroatoms. The molecule has 0 aliphatic carbocycles. The third-order valence-corrected chi connectivity index (χ3v) is 7.58. The van der Waals surface area contributed by atoms with Crippen molar-refractivity contribution in [2.24, 2.45) is 0 Å². The lowest BCUT2D eigenvalue weighted by Crippen LogP contribution is -2.22. The highest BCUT2D eigenvalue weighted by atomic mass is 32.2. The largest absolute Gasteiger partial charge is 0.435 e. The molecule has 1 aliphatic rings. The van der Waals surface area contributed by atoms with Gasteiger partial charge in [0, 0.05) is 27.6 Å². The van der Waals surface area contributed by atoms with Crippen LogP contribution in [0.25, 0.3) is 27.0 Å². The Labute approximate surface area is 191 Å². The van der Waals surface area contributed by atoms with Gasteiger partial charge in [0.25, 0.3) is 0 Å². The van der Waals surface area contributed by atoms with Crippen molar-refractivity contribution < 1.29 is 4.42 Å². The van der Waals surface area contributed by atoms with Gasteiger partial charge in [-0.3, -0.25) is 0 Å². The predicted octanol–water partition coefficient (Wildman–Crippen LogP) is 7.93. The first-order valence-corrected chi connectivity index (χ1v) is 11.6. The molecule has 3 nitrogen and oxygen atoms in total. The van der Waals surface area contributed by atoms with Gasteiger partial charge in [-0.25, -0.2) is 4.98 Å². The Balaban J connectivity index is 1.63. The standard InChI is InChI=1S/C28H22N2OS/c1-18-15-16-22-23-14-9-17-29-27(23)31-25(22)24(18)30-19(2)26(20-10-5-3-6-11-20)32-28(30)21-12-7-4-8-13-21/h3-17,28H,1-2H3. The van der Waals surface area contributed by atoms with Gasteiger partial charge in [0.2, 0.25) is 5.71 Å². The van der Waals surface area contributed by atoms with Crippen LogP contribution in [0.4, 0.5) is 5.69 Å². The predicted molar refractivity (Wildman–Crippen MR) is 135 cm³/mol. The molecule has 0 fully saturated rings. The fourth-order valence-corrected chi connectivity index (χ4v) is 6.01. The average Bonchev–Trinajstić information content (AvgIpc) is 3.38. The Kier molecular flexibility index (Phi) is 4.54. The summed E-state index contributed by atoms with van der Waals surface area (Å²) in [5, 5.41) is 2.28. The molecule has 1 unspecified atom stereocenters. The highest BCUT2D eigenvalue weighted by molar-refractivity contribution is 8.09. The summed E-state index contributed by atoms with van der Waals surface area (Å²) < 4.78 is 6.37.